The fourth-order valence-electron chi connectivity index (χ4n) is 2.82. The van der Waals surface area contributed by atoms with E-state index in [0.29, 0.717) is 13.0 Å². The van der Waals surface area contributed by atoms with Crippen molar-refractivity contribution in [2.24, 2.45) is 5.73 Å². The fourth-order valence-corrected chi connectivity index (χ4v) is 2.82. The smallest absolute Gasteiger partial charge is 0.242 e. The van der Waals surface area contributed by atoms with Gasteiger partial charge >= 0.3 is 0 Å². The van der Waals surface area contributed by atoms with Crippen molar-refractivity contribution in [1.29, 1.82) is 0 Å². The molecule has 7 heteroatoms. The van der Waals surface area contributed by atoms with Crippen molar-refractivity contribution >= 4 is 11.8 Å². The van der Waals surface area contributed by atoms with Gasteiger partial charge in [-0.15, -0.1) is 0 Å². The highest BCUT2D eigenvalue weighted by Gasteiger charge is 2.25. The van der Waals surface area contributed by atoms with Crippen LogP contribution in [0, 0.1) is 0 Å². The minimum atomic E-state index is -0.631. The Morgan fingerprint density at radius 3 is 2.65 bits per heavy atom. The summed E-state index contributed by atoms with van der Waals surface area (Å²) in [6.45, 7) is 2.23. The average Bonchev–Trinajstić information content (AvgIpc) is 3.05. The van der Waals surface area contributed by atoms with Crippen molar-refractivity contribution in [3.05, 3.63) is 18.7 Å². The minimum absolute atomic E-state index is 0.119. The van der Waals surface area contributed by atoms with Gasteiger partial charge in [0.2, 0.25) is 11.8 Å². The summed E-state index contributed by atoms with van der Waals surface area (Å²) in [5, 5.41) is 5.83. The van der Waals surface area contributed by atoms with Gasteiger partial charge in [0, 0.05) is 25.0 Å². The number of rotatable bonds is 7. The molecule has 1 fully saturated rings. The van der Waals surface area contributed by atoms with Crippen molar-refractivity contribution in [3.63, 3.8) is 0 Å². The van der Waals surface area contributed by atoms with Crippen LogP contribution in [0.2, 0.25) is 0 Å². The number of aromatic nitrogens is 2. The number of aryl methyl sites for hydroxylation is 1. The molecule has 2 rings (SSSR count). The van der Waals surface area contributed by atoms with E-state index in [2.05, 4.69) is 15.6 Å². The molecule has 0 aromatic carbocycles. The summed E-state index contributed by atoms with van der Waals surface area (Å²) in [6, 6.07) is -0.981. The van der Waals surface area contributed by atoms with Crippen molar-refractivity contribution in [3.8, 4) is 0 Å². The molecule has 2 atom stereocenters. The van der Waals surface area contributed by atoms with Crippen molar-refractivity contribution in [2.75, 3.05) is 0 Å². The Balaban J connectivity index is 1.92. The highest BCUT2D eigenvalue weighted by atomic mass is 16.2. The SMILES string of the molecule is CC(N)C(=O)NC(CCn1ccnc1)C(=O)NC1CCCCC1. The van der Waals surface area contributed by atoms with E-state index in [4.69, 9.17) is 5.73 Å². The Bertz CT molecular complexity index is 495. The van der Waals surface area contributed by atoms with Crippen molar-refractivity contribution in [2.45, 2.75) is 70.1 Å². The predicted molar refractivity (Wildman–Crippen MR) is 87.4 cm³/mol. The first-order valence-corrected chi connectivity index (χ1v) is 8.38. The van der Waals surface area contributed by atoms with Crippen LogP contribution in [-0.4, -0.2) is 39.5 Å². The molecule has 1 saturated carbocycles. The topological polar surface area (TPSA) is 102 Å². The first-order valence-electron chi connectivity index (χ1n) is 8.38. The minimum Gasteiger partial charge on any atom is -0.352 e. The van der Waals surface area contributed by atoms with Crippen LogP contribution in [0.15, 0.2) is 18.7 Å². The summed E-state index contributed by atoms with van der Waals surface area (Å²) >= 11 is 0. The van der Waals surface area contributed by atoms with Crippen LogP contribution >= 0.6 is 0 Å². The Kier molecular flexibility index (Phi) is 6.58. The molecule has 1 aromatic heterocycles. The van der Waals surface area contributed by atoms with Gasteiger partial charge in [0.1, 0.15) is 6.04 Å². The Labute approximate surface area is 137 Å². The van der Waals surface area contributed by atoms with Crippen molar-refractivity contribution < 1.29 is 9.59 Å². The van der Waals surface area contributed by atoms with Gasteiger partial charge in [-0.25, -0.2) is 4.98 Å². The molecule has 2 amide bonds. The van der Waals surface area contributed by atoms with Crippen LogP contribution in [0.5, 0.6) is 0 Å². The summed E-state index contributed by atoms with van der Waals surface area (Å²) in [5.41, 5.74) is 5.60. The average molecular weight is 321 g/mol. The number of carbonyl (C=O) groups excluding carboxylic acids is 2. The van der Waals surface area contributed by atoms with Crippen LogP contribution in [0.4, 0.5) is 0 Å². The first-order chi connectivity index (χ1) is 11.1. The molecule has 0 saturated heterocycles. The van der Waals surface area contributed by atoms with E-state index in [9.17, 15) is 9.59 Å². The monoisotopic (exact) mass is 321 g/mol. The summed E-state index contributed by atoms with van der Waals surface area (Å²) in [5.74, 6) is -0.426. The van der Waals surface area contributed by atoms with E-state index < -0.39 is 12.1 Å². The molecule has 7 nitrogen and oxygen atoms in total. The number of imidazole rings is 1. The Hall–Kier alpha value is -1.89. The molecule has 1 aromatic rings. The number of hydrogen-bond acceptors (Lipinski definition) is 4. The molecule has 2 unspecified atom stereocenters. The summed E-state index contributed by atoms with van der Waals surface area (Å²) in [4.78, 5) is 28.4. The third kappa shape index (κ3) is 5.67. The summed E-state index contributed by atoms with van der Waals surface area (Å²) in [7, 11) is 0. The number of nitrogens with two attached hydrogens (primary N) is 1. The highest BCUT2D eigenvalue weighted by molar-refractivity contribution is 5.89. The van der Waals surface area contributed by atoms with Crippen LogP contribution in [0.3, 0.4) is 0 Å². The molecule has 0 bridgehead atoms. The molecule has 0 aliphatic heterocycles. The van der Waals surface area contributed by atoms with E-state index in [0.717, 1.165) is 25.7 Å². The maximum atomic E-state index is 12.5. The van der Waals surface area contributed by atoms with Crippen LogP contribution in [0.25, 0.3) is 0 Å². The predicted octanol–water partition coefficient (Wildman–Crippen LogP) is 0.554. The largest absolute Gasteiger partial charge is 0.352 e. The number of nitrogens with zero attached hydrogens (tertiary/aromatic N) is 2. The van der Waals surface area contributed by atoms with E-state index in [1.165, 1.54) is 6.42 Å². The van der Waals surface area contributed by atoms with E-state index >= 15 is 0 Å². The molecule has 1 aliphatic rings. The molecular weight excluding hydrogens is 294 g/mol. The maximum Gasteiger partial charge on any atom is 0.242 e. The number of hydrogen-bond donors (Lipinski definition) is 3. The highest BCUT2D eigenvalue weighted by Crippen LogP contribution is 2.17. The van der Waals surface area contributed by atoms with Crippen LogP contribution < -0.4 is 16.4 Å². The van der Waals surface area contributed by atoms with E-state index in [1.807, 2.05) is 10.8 Å². The zero-order valence-electron chi connectivity index (χ0n) is 13.7. The molecule has 0 spiro atoms. The second-order valence-corrected chi connectivity index (χ2v) is 6.28. The molecule has 0 radical (unpaired) electrons. The lowest BCUT2D eigenvalue weighted by atomic mass is 9.95. The van der Waals surface area contributed by atoms with Gasteiger partial charge < -0.3 is 20.9 Å². The fraction of sp³-hybridized carbons (Fsp3) is 0.688. The van der Waals surface area contributed by atoms with Gasteiger partial charge in [-0.2, -0.15) is 0 Å². The Morgan fingerprint density at radius 1 is 1.30 bits per heavy atom. The lowest BCUT2D eigenvalue weighted by Crippen LogP contribution is -2.53. The molecule has 23 heavy (non-hydrogen) atoms. The molecule has 128 valence electrons. The van der Waals surface area contributed by atoms with E-state index in [1.54, 1.807) is 19.4 Å². The van der Waals surface area contributed by atoms with E-state index in [-0.39, 0.29) is 17.9 Å². The second kappa shape index (κ2) is 8.67. The lowest BCUT2D eigenvalue weighted by Gasteiger charge is -2.26. The first kappa shape index (κ1) is 17.5. The van der Waals surface area contributed by atoms with Gasteiger partial charge in [0.15, 0.2) is 0 Å². The molecule has 4 N–H and O–H groups in total. The second-order valence-electron chi connectivity index (χ2n) is 6.28. The molecule has 1 heterocycles. The standard InChI is InChI=1S/C16H27N5O2/c1-12(17)15(22)20-14(7-9-21-10-8-18-11-21)16(23)19-13-5-3-2-4-6-13/h8,10-14H,2-7,9,17H2,1H3,(H,19,23)(H,20,22). The number of nitrogens with one attached hydrogen (secondary N) is 2. The third-order valence-corrected chi connectivity index (χ3v) is 4.23. The molecular formula is C16H27N5O2. The van der Waals surface area contributed by atoms with Crippen molar-refractivity contribution in [1.82, 2.24) is 20.2 Å². The third-order valence-electron chi connectivity index (χ3n) is 4.23. The van der Waals surface area contributed by atoms with Gasteiger partial charge in [-0.1, -0.05) is 19.3 Å². The number of amides is 2. The maximum absolute atomic E-state index is 12.5. The Morgan fingerprint density at radius 2 is 2.04 bits per heavy atom. The van der Waals surface area contributed by atoms with Gasteiger partial charge in [0.25, 0.3) is 0 Å². The zero-order valence-corrected chi connectivity index (χ0v) is 13.7. The molecule has 1 aliphatic carbocycles. The quantitative estimate of drug-likeness (QED) is 0.682. The van der Waals surface area contributed by atoms with Crippen LogP contribution in [-0.2, 0) is 16.1 Å². The lowest BCUT2D eigenvalue weighted by molar-refractivity contribution is -0.130. The van der Waals surface area contributed by atoms with Gasteiger partial charge in [-0.3, -0.25) is 9.59 Å². The normalized spacial score (nSPS) is 18.2. The zero-order chi connectivity index (χ0) is 16.7. The van der Waals surface area contributed by atoms with Gasteiger partial charge in [-0.05, 0) is 26.2 Å². The van der Waals surface area contributed by atoms with Crippen LogP contribution in [0.1, 0.15) is 45.4 Å². The number of carbonyl (C=O) groups is 2. The van der Waals surface area contributed by atoms with Gasteiger partial charge in [0.05, 0.1) is 12.4 Å². The summed E-state index contributed by atoms with van der Waals surface area (Å²) in [6.07, 6.45) is 11.3. The summed E-state index contributed by atoms with van der Waals surface area (Å²) < 4.78 is 1.89.